The third-order valence-electron chi connectivity index (χ3n) is 3.88. The smallest absolute Gasteiger partial charge is 0.335 e. The highest BCUT2D eigenvalue weighted by Crippen LogP contribution is 2.27. The second kappa shape index (κ2) is 4.77. The van der Waals surface area contributed by atoms with Crippen molar-refractivity contribution in [2.24, 2.45) is 0 Å². The summed E-state index contributed by atoms with van der Waals surface area (Å²) in [6.45, 7) is 6.51. The van der Waals surface area contributed by atoms with Crippen LogP contribution in [0.25, 0.3) is 10.9 Å². The Labute approximate surface area is 121 Å². The van der Waals surface area contributed by atoms with Crippen molar-refractivity contribution in [3.8, 4) is 0 Å². The number of aromatic carboxylic acids is 1. The molecule has 108 valence electrons. The summed E-state index contributed by atoms with van der Waals surface area (Å²) in [4.78, 5) is 11.1. The van der Waals surface area contributed by atoms with E-state index in [9.17, 15) is 4.79 Å². The molecule has 0 spiro atoms. The molecule has 3 aromatic rings. The lowest BCUT2D eigenvalue weighted by molar-refractivity contribution is 0.0697. The summed E-state index contributed by atoms with van der Waals surface area (Å²) >= 11 is 0. The molecule has 5 nitrogen and oxygen atoms in total. The number of carboxylic acid groups (broad SMARTS) is 1. The van der Waals surface area contributed by atoms with Gasteiger partial charge in [0, 0.05) is 22.7 Å². The van der Waals surface area contributed by atoms with Gasteiger partial charge in [-0.15, -0.1) is 0 Å². The lowest BCUT2D eigenvalue weighted by Crippen LogP contribution is -2.02. The summed E-state index contributed by atoms with van der Waals surface area (Å²) < 4.78 is 7.24. The first-order chi connectivity index (χ1) is 9.97. The van der Waals surface area contributed by atoms with Crippen molar-refractivity contribution in [1.82, 2.24) is 9.72 Å². The van der Waals surface area contributed by atoms with Gasteiger partial charge in [0.25, 0.3) is 0 Å². The van der Waals surface area contributed by atoms with Gasteiger partial charge in [0.1, 0.15) is 11.5 Å². The monoisotopic (exact) mass is 284 g/mol. The quantitative estimate of drug-likeness (QED) is 0.801. The molecular weight excluding hydrogens is 268 g/mol. The number of nitrogens with zero attached hydrogens (tertiary/aromatic N) is 2. The van der Waals surface area contributed by atoms with Crippen molar-refractivity contribution in [3.63, 3.8) is 0 Å². The summed E-state index contributed by atoms with van der Waals surface area (Å²) in [5, 5.41) is 14.1. The van der Waals surface area contributed by atoms with E-state index in [0.717, 1.165) is 33.6 Å². The first-order valence-electron chi connectivity index (χ1n) is 6.72. The molecule has 0 saturated carbocycles. The topological polar surface area (TPSA) is 68.3 Å². The number of rotatable bonds is 3. The van der Waals surface area contributed by atoms with Gasteiger partial charge >= 0.3 is 5.97 Å². The van der Waals surface area contributed by atoms with Crippen LogP contribution >= 0.6 is 0 Å². The second-order valence-corrected chi connectivity index (χ2v) is 5.26. The molecule has 0 atom stereocenters. The van der Waals surface area contributed by atoms with Crippen LogP contribution in [0.15, 0.2) is 28.8 Å². The molecule has 3 rings (SSSR count). The van der Waals surface area contributed by atoms with Gasteiger partial charge in [0.2, 0.25) is 0 Å². The number of aromatic nitrogens is 2. The van der Waals surface area contributed by atoms with E-state index < -0.39 is 5.97 Å². The van der Waals surface area contributed by atoms with E-state index in [0.29, 0.717) is 12.1 Å². The fraction of sp³-hybridized carbons (Fsp3) is 0.250. The molecule has 0 bridgehead atoms. The maximum absolute atomic E-state index is 11.1. The average Bonchev–Trinajstić information content (AvgIpc) is 2.96. The number of hydrogen-bond donors (Lipinski definition) is 1. The van der Waals surface area contributed by atoms with Gasteiger partial charge in [-0.2, -0.15) is 0 Å². The van der Waals surface area contributed by atoms with Crippen molar-refractivity contribution >= 4 is 16.9 Å². The zero-order valence-electron chi connectivity index (χ0n) is 12.2. The SMILES string of the molecule is Cc1cc(Cn2c(C)c(C)c3cc(C(=O)O)ccc32)no1. The highest BCUT2D eigenvalue weighted by molar-refractivity contribution is 5.95. The van der Waals surface area contributed by atoms with Crippen LogP contribution < -0.4 is 0 Å². The van der Waals surface area contributed by atoms with Gasteiger partial charge in [-0.05, 0) is 44.5 Å². The van der Waals surface area contributed by atoms with E-state index >= 15 is 0 Å². The summed E-state index contributed by atoms with van der Waals surface area (Å²) in [5.41, 5.74) is 4.37. The molecule has 0 radical (unpaired) electrons. The van der Waals surface area contributed by atoms with E-state index in [-0.39, 0.29) is 0 Å². The number of hydrogen-bond acceptors (Lipinski definition) is 3. The molecule has 1 N–H and O–H groups in total. The predicted octanol–water partition coefficient (Wildman–Crippen LogP) is 3.30. The Hall–Kier alpha value is -2.56. The van der Waals surface area contributed by atoms with Crippen LogP contribution in [0.5, 0.6) is 0 Å². The fourth-order valence-corrected chi connectivity index (χ4v) is 2.64. The molecule has 2 aromatic heterocycles. The van der Waals surface area contributed by atoms with Crippen LogP contribution in [0, 0.1) is 20.8 Å². The molecule has 0 amide bonds. The standard InChI is InChI=1S/C16H16N2O3/c1-9-6-13(17-21-9)8-18-11(3)10(2)14-7-12(16(19)20)4-5-15(14)18/h4-7H,8H2,1-3H3,(H,19,20). The zero-order valence-corrected chi connectivity index (χ0v) is 12.2. The number of fused-ring (bicyclic) bond motifs is 1. The maximum Gasteiger partial charge on any atom is 0.335 e. The summed E-state index contributed by atoms with van der Waals surface area (Å²) in [7, 11) is 0. The Morgan fingerprint density at radius 1 is 1.29 bits per heavy atom. The molecule has 0 aliphatic heterocycles. The highest BCUT2D eigenvalue weighted by atomic mass is 16.5. The van der Waals surface area contributed by atoms with Crippen LogP contribution in [-0.4, -0.2) is 20.8 Å². The largest absolute Gasteiger partial charge is 0.478 e. The first kappa shape index (κ1) is 13.4. The Morgan fingerprint density at radius 3 is 2.67 bits per heavy atom. The van der Waals surface area contributed by atoms with Crippen molar-refractivity contribution < 1.29 is 14.4 Å². The van der Waals surface area contributed by atoms with Crippen molar-refractivity contribution in [2.75, 3.05) is 0 Å². The summed E-state index contributed by atoms with van der Waals surface area (Å²) in [5.74, 6) is -0.127. The van der Waals surface area contributed by atoms with Gasteiger partial charge in [-0.1, -0.05) is 5.16 Å². The number of benzene rings is 1. The minimum Gasteiger partial charge on any atom is -0.478 e. The number of carboxylic acids is 1. The molecular formula is C16H16N2O3. The Morgan fingerprint density at radius 2 is 2.05 bits per heavy atom. The lowest BCUT2D eigenvalue weighted by atomic mass is 10.1. The van der Waals surface area contributed by atoms with Gasteiger partial charge in [-0.25, -0.2) is 4.79 Å². The first-order valence-corrected chi connectivity index (χ1v) is 6.72. The normalized spacial score (nSPS) is 11.2. The molecule has 0 aliphatic rings. The molecule has 21 heavy (non-hydrogen) atoms. The van der Waals surface area contributed by atoms with E-state index in [1.807, 2.05) is 32.9 Å². The third kappa shape index (κ3) is 2.20. The van der Waals surface area contributed by atoms with Gasteiger partial charge in [0.05, 0.1) is 12.1 Å². The Kier molecular flexibility index (Phi) is 3.05. The summed E-state index contributed by atoms with van der Waals surface area (Å²) in [6, 6.07) is 7.12. The third-order valence-corrected chi connectivity index (χ3v) is 3.88. The van der Waals surface area contributed by atoms with Crippen LogP contribution in [0.4, 0.5) is 0 Å². The van der Waals surface area contributed by atoms with Gasteiger partial charge < -0.3 is 14.2 Å². The lowest BCUT2D eigenvalue weighted by Gasteiger charge is -2.06. The molecule has 2 heterocycles. The van der Waals surface area contributed by atoms with E-state index in [4.69, 9.17) is 9.63 Å². The minimum absolute atomic E-state index is 0.306. The Balaban J connectivity index is 2.14. The molecule has 5 heteroatoms. The second-order valence-electron chi connectivity index (χ2n) is 5.26. The van der Waals surface area contributed by atoms with Crippen molar-refractivity contribution in [2.45, 2.75) is 27.3 Å². The van der Waals surface area contributed by atoms with Gasteiger partial charge in [-0.3, -0.25) is 0 Å². The zero-order chi connectivity index (χ0) is 15.1. The summed E-state index contributed by atoms with van der Waals surface area (Å²) in [6.07, 6.45) is 0. The molecule has 0 saturated heterocycles. The Bertz CT molecular complexity index is 843. The molecule has 1 aromatic carbocycles. The van der Waals surface area contributed by atoms with Crippen molar-refractivity contribution in [1.29, 1.82) is 0 Å². The number of aryl methyl sites for hydroxylation is 2. The van der Waals surface area contributed by atoms with Crippen LogP contribution in [-0.2, 0) is 6.54 Å². The van der Waals surface area contributed by atoms with Crippen LogP contribution in [0.2, 0.25) is 0 Å². The van der Waals surface area contributed by atoms with Gasteiger partial charge in [0.15, 0.2) is 0 Å². The average molecular weight is 284 g/mol. The van der Waals surface area contributed by atoms with Crippen LogP contribution in [0.1, 0.15) is 33.1 Å². The fourth-order valence-electron chi connectivity index (χ4n) is 2.64. The van der Waals surface area contributed by atoms with E-state index in [2.05, 4.69) is 9.72 Å². The molecule has 0 unspecified atom stereocenters. The predicted molar refractivity (Wildman–Crippen MR) is 78.7 cm³/mol. The van der Waals surface area contributed by atoms with Crippen LogP contribution in [0.3, 0.4) is 0 Å². The molecule has 0 fully saturated rings. The number of carbonyl (C=O) groups is 1. The molecule has 0 aliphatic carbocycles. The van der Waals surface area contributed by atoms with Crippen molar-refractivity contribution in [3.05, 3.63) is 52.5 Å². The minimum atomic E-state index is -0.908. The van der Waals surface area contributed by atoms with E-state index in [1.54, 1.807) is 12.1 Å². The highest BCUT2D eigenvalue weighted by Gasteiger charge is 2.14. The maximum atomic E-state index is 11.1. The van der Waals surface area contributed by atoms with E-state index in [1.165, 1.54) is 0 Å².